The second kappa shape index (κ2) is 4.74. The van der Waals surface area contributed by atoms with Crippen molar-refractivity contribution >= 4 is 5.91 Å². The maximum Gasteiger partial charge on any atom is 0.228 e. The smallest absolute Gasteiger partial charge is 0.228 e. The lowest BCUT2D eigenvalue weighted by Crippen LogP contribution is -2.57. The summed E-state index contributed by atoms with van der Waals surface area (Å²) >= 11 is 0. The number of nitrogens with zero attached hydrogens (tertiary/aromatic N) is 2. The first-order chi connectivity index (χ1) is 7.23. The van der Waals surface area contributed by atoms with E-state index in [1.807, 2.05) is 25.7 Å². The summed E-state index contributed by atoms with van der Waals surface area (Å²) < 4.78 is 0. The van der Waals surface area contributed by atoms with Crippen LogP contribution >= 0.6 is 0 Å². The van der Waals surface area contributed by atoms with Gasteiger partial charge < -0.3 is 4.90 Å². The highest BCUT2D eigenvalue weighted by Crippen LogP contribution is 2.21. The van der Waals surface area contributed by atoms with Crippen molar-refractivity contribution in [1.82, 2.24) is 9.80 Å². The minimum absolute atomic E-state index is 0.250. The summed E-state index contributed by atoms with van der Waals surface area (Å²) in [4.78, 5) is 16.6. The first kappa shape index (κ1) is 13.5. The fourth-order valence-electron chi connectivity index (χ4n) is 2.40. The molecular formula is C13H26N2O. The van der Waals surface area contributed by atoms with Gasteiger partial charge in [-0.1, -0.05) is 20.8 Å². The van der Waals surface area contributed by atoms with Crippen LogP contribution in [-0.4, -0.2) is 47.4 Å². The Hall–Kier alpha value is -0.570. The summed E-state index contributed by atoms with van der Waals surface area (Å²) in [5.74, 6) is 0.280. The molecule has 0 radical (unpaired) electrons. The van der Waals surface area contributed by atoms with Gasteiger partial charge in [-0.15, -0.1) is 0 Å². The van der Waals surface area contributed by atoms with Crippen molar-refractivity contribution in [3.63, 3.8) is 0 Å². The van der Waals surface area contributed by atoms with Gasteiger partial charge in [-0.2, -0.15) is 0 Å². The Morgan fingerprint density at radius 1 is 1.25 bits per heavy atom. The highest BCUT2D eigenvalue weighted by atomic mass is 16.2. The molecule has 0 unspecified atom stereocenters. The highest BCUT2D eigenvalue weighted by Gasteiger charge is 2.32. The summed E-state index contributed by atoms with van der Waals surface area (Å²) in [6, 6.07) is 1.04. The van der Waals surface area contributed by atoms with Gasteiger partial charge in [0.2, 0.25) is 5.91 Å². The number of amides is 1. The zero-order valence-corrected chi connectivity index (χ0v) is 11.6. The number of rotatable bonds is 1. The van der Waals surface area contributed by atoms with Crippen LogP contribution in [0.4, 0.5) is 0 Å². The minimum atomic E-state index is -0.250. The lowest BCUT2D eigenvalue weighted by molar-refractivity contribution is -0.142. The van der Waals surface area contributed by atoms with Crippen LogP contribution in [0.25, 0.3) is 0 Å². The van der Waals surface area contributed by atoms with Crippen LogP contribution in [0, 0.1) is 5.41 Å². The largest absolute Gasteiger partial charge is 0.339 e. The molecule has 0 N–H and O–H groups in total. The molecule has 1 rings (SSSR count). The molecule has 0 spiro atoms. The van der Waals surface area contributed by atoms with Crippen LogP contribution in [0.3, 0.4) is 0 Å². The Balaban J connectivity index is 2.62. The van der Waals surface area contributed by atoms with E-state index < -0.39 is 0 Å². The molecule has 1 aliphatic heterocycles. The van der Waals surface area contributed by atoms with Crippen molar-refractivity contribution in [3.05, 3.63) is 0 Å². The van der Waals surface area contributed by atoms with E-state index in [1.54, 1.807) is 0 Å². The van der Waals surface area contributed by atoms with E-state index in [-0.39, 0.29) is 11.3 Å². The Bertz CT molecular complexity index is 255. The van der Waals surface area contributed by atoms with Gasteiger partial charge in [-0.05, 0) is 20.8 Å². The quantitative estimate of drug-likeness (QED) is 0.682. The summed E-state index contributed by atoms with van der Waals surface area (Å²) in [6.45, 7) is 15.4. The Kier molecular flexibility index (Phi) is 4.00. The van der Waals surface area contributed by atoms with Gasteiger partial charge in [-0.25, -0.2) is 0 Å². The van der Waals surface area contributed by atoms with Crippen LogP contribution < -0.4 is 0 Å². The first-order valence-electron chi connectivity index (χ1n) is 6.28. The van der Waals surface area contributed by atoms with Gasteiger partial charge >= 0.3 is 0 Å². The Morgan fingerprint density at radius 2 is 1.81 bits per heavy atom. The van der Waals surface area contributed by atoms with E-state index >= 15 is 0 Å². The molecule has 1 atom stereocenters. The predicted octanol–water partition coefficient (Wildman–Crippen LogP) is 1.97. The molecule has 16 heavy (non-hydrogen) atoms. The molecule has 0 bridgehead atoms. The van der Waals surface area contributed by atoms with E-state index in [1.165, 1.54) is 0 Å². The third-order valence-electron chi connectivity index (χ3n) is 3.27. The van der Waals surface area contributed by atoms with Crippen LogP contribution in [0.15, 0.2) is 0 Å². The molecule has 0 saturated carbocycles. The van der Waals surface area contributed by atoms with Crippen molar-refractivity contribution < 1.29 is 4.79 Å². The molecule has 94 valence electrons. The Morgan fingerprint density at radius 3 is 2.19 bits per heavy atom. The van der Waals surface area contributed by atoms with Crippen LogP contribution in [0.2, 0.25) is 0 Å². The monoisotopic (exact) mass is 226 g/mol. The molecule has 0 aromatic heterocycles. The van der Waals surface area contributed by atoms with Crippen LogP contribution in [0.5, 0.6) is 0 Å². The van der Waals surface area contributed by atoms with Crippen molar-refractivity contribution in [2.75, 3.05) is 19.6 Å². The molecule has 1 aliphatic rings. The van der Waals surface area contributed by atoms with Crippen molar-refractivity contribution in [3.8, 4) is 0 Å². The van der Waals surface area contributed by atoms with E-state index in [0.717, 1.165) is 19.6 Å². The number of carbonyl (C=O) groups is 1. The fourth-order valence-corrected chi connectivity index (χ4v) is 2.40. The lowest BCUT2D eigenvalue weighted by Gasteiger charge is -2.43. The van der Waals surface area contributed by atoms with Gasteiger partial charge in [0.1, 0.15) is 0 Å². The Labute approximate surface area is 99.8 Å². The van der Waals surface area contributed by atoms with Gasteiger partial charge in [0.25, 0.3) is 0 Å². The van der Waals surface area contributed by atoms with Gasteiger partial charge in [0.15, 0.2) is 0 Å². The third kappa shape index (κ3) is 2.97. The average molecular weight is 226 g/mol. The number of hydrogen-bond donors (Lipinski definition) is 0. The highest BCUT2D eigenvalue weighted by molar-refractivity contribution is 5.81. The minimum Gasteiger partial charge on any atom is -0.339 e. The second-order valence-corrected chi connectivity index (χ2v) is 6.18. The van der Waals surface area contributed by atoms with E-state index in [9.17, 15) is 4.79 Å². The topological polar surface area (TPSA) is 23.6 Å². The molecule has 1 fully saturated rings. The first-order valence-corrected chi connectivity index (χ1v) is 6.28. The van der Waals surface area contributed by atoms with Gasteiger partial charge in [0.05, 0.1) is 0 Å². The predicted molar refractivity (Wildman–Crippen MR) is 67.3 cm³/mol. The molecule has 1 heterocycles. The third-order valence-corrected chi connectivity index (χ3v) is 3.27. The summed E-state index contributed by atoms with van der Waals surface area (Å²) in [5.41, 5.74) is -0.250. The average Bonchev–Trinajstić information content (AvgIpc) is 2.14. The van der Waals surface area contributed by atoms with E-state index in [0.29, 0.717) is 12.1 Å². The SMILES string of the molecule is CC(C)N1CCN(C(=O)C(C)(C)C)C[C@@H]1C. The number of piperazine rings is 1. The van der Waals surface area contributed by atoms with Crippen molar-refractivity contribution in [2.24, 2.45) is 5.41 Å². The molecule has 0 aromatic rings. The zero-order chi connectivity index (χ0) is 12.5. The maximum atomic E-state index is 12.1. The molecule has 3 heteroatoms. The van der Waals surface area contributed by atoms with Gasteiger partial charge in [-0.3, -0.25) is 9.69 Å². The molecular weight excluding hydrogens is 200 g/mol. The normalized spacial score (nSPS) is 23.9. The van der Waals surface area contributed by atoms with Crippen LogP contribution in [0.1, 0.15) is 41.5 Å². The van der Waals surface area contributed by atoms with Crippen molar-refractivity contribution in [2.45, 2.75) is 53.6 Å². The van der Waals surface area contributed by atoms with Gasteiger partial charge in [0, 0.05) is 37.1 Å². The maximum absolute atomic E-state index is 12.1. The number of carbonyl (C=O) groups excluding carboxylic acids is 1. The lowest BCUT2D eigenvalue weighted by atomic mass is 9.94. The molecule has 1 saturated heterocycles. The van der Waals surface area contributed by atoms with Crippen LogP contribution in [-0.2, 0) is 4.79 Å². The molecule has 0 aromatic carbocycles. The standard InChI is InChI=1S/C13H26N2O/c1-10(2)15-8-7-14(9-11(15)3)12(16)13(4,5)6/h10-11H,7-9H2,1-6H3/t11-/m0/s1. The zero-order valence-electron chi connectivity index (χ0n) is 11.6. The fraction of sp³-hybridized carbons (Fsp3) is 0.923. The molecule has 1 amide bonds. The molecule has 0 aliphatic carbocycles. The second-order valence-electron chi connectivity index (χ2n) is 6.18. The molecule has 3 nitrogen and oxygen atoms in total. The summed E-state index contributed by atoms with van der Waals surface area (Å²) in [7, 11) is 0. The van der Waals surface area contributed by atoms with Crippen molar-refractivity contribution in [1.29, 1.82) is 0 Å². The van der Waals surface area contributed by atoms with E-state index in [4.69, 9.17) is 0 Å². The number of hydrogen-bond acceptors (Lipinski definition) is 2. The summed E-state index contributed by atoms with van der Waals surface area (Å²) in [6.07, 6.45) is 0. The summed E-state index contributed by atoms with van der Waals surface area (Å²) in [5, 5.41) is 0. The van der Waals surface area contributed by atoms with E-state index in [2.05, 4.69) is 25.7 Å².